The highest BCUT2D eigenvalue weighted by atomic mass is 32.1. The molecule has 0 spiro atoms. The van der Waals surface area contributed by atoms with Gasteiger partial charge in [0.05, 0.1) is 17.1 Å². The SMILES string of the molecule is O=C(CCCN1CCC(c2noc3cc(F)ccc23)CC1)c1ccc(CNC(=O)C(F)(F)F)s1. The summed E-state index contributed by atoms with van der Waals surface area (Å²) in [4.78, 5) is 26.6. The lowest BCUT2D eigenvalue weighted by Crippen LogP contribution is -2.36. The molecular formula is C23H23F4N3O3S. The molecule has 1 aliphatic rings. The second-order valence-electron chi connectivity index (χ2n) is 8.30. The fourth-order valence-electron chi connectivity index (χ4n) is 4.13. The van der Waals surface area contributed by atoms with Crippen molar-refractivity contribution in [2.45, 2.75) is 44.3 Å². The fraction of sp³-hybridized carbons (Fsp3) is 0.435. The number of rotatable bonds is 8. The van der Waals surface area contributed by atoms with Gasteiger partial charge in [-0.15, -0.1) is 11.3 Å². The first-order valence-electron chi connectivity index (χ1n) is 10.9. The molecular weight excluding hydrogens is 474 g/mol. The van der Waals surface area contributed by atoms with E-state index in [4.69, 9.17) is 4.52 Å². The van der Waals surface area contributed by atoms with Crippen molar-refractivity contribution < 1.29 is 31.7 Å². The number of fused-ring (bicyclic) bond motifs is 1. The molecule has 1 amide bonds. The number of ketones is 1. The van der Waals surface area contributed by atoms with Gasteiger partial charge in [-0.25, -0.2) is 4.39 Å². The summed E-state index contributed by atoms with van der Waals surface area (Å²) in [5.74, 6) is -2.17. The fourth-order valence-corrected chi connectivity index (χ4v) is 5.05. The summed E-state index contributed by atoms with van der Waals surface area (Å²) in [7, 11) is 0. The van der Waals surface area contributed by atoms with E-state index in [-0.39, 0.29) is 24.1 Å². The van der Waals surface area contributed by atoms with E-state index in [1.165, 1.54) is 12.1 Å². The molecule has 0 bridgehead atoms. The Hall–Kier alpha value is -2.79. The van der Waals surface area contributed by atoms with Crippen LogP contribution in [0.1, 0.15) is 51.8 Å². The lowest BCUT2D eigenvalue weighted by molar-refractivity contribution is -0.173. The van der Waals surface area contributed by atoms with Gasteiger partial charge in [-0.05, 0) is 63.2 Å². The van der Waals surface area contributed by atoms with Crippen LogP contribution in [0.5, 0.6) is 0 Å². The van der Waals surface area contributed by atoms with Gasteiger partial charge in [-0.3, -0.25) is 9.59 Å². The maximum absolute atomic E-state index is 13.4. The third kappa shape index (κ3) is 5.82. The van der Waals surface area contributed by atoms with E-state index >= 15 is 0 Å². The number of hydrogen-bond acceptors (Lipinski definition) is 6. The summed E-state index contributed by atoms with van der Waals surface area (Å²) in [6, 6.07) is 7.59. The molecule has 182 valence electrons. The summed E-state index contributed by atoms with van der Waals surface area (Å²) >= 11 is 1.10. The number of aromatic nitrogens is 1. The molecule has 0 atom stereocenters. The van der Waals surface area contributed by atoms with Gasteiger partial charge in [0.25, 0.3) is 0 Å². The maximum Gasteiger partial charge on any atom is 0.471 e. The Morgan fingerprint density at radius 3 is 2.68 bits per heavy atom. The number of halogens is 4. The molecule has 4 rings (SSSR count). The van der Waals surface area contributed by atoms with Gasteiger partial charge >= 0.3 is 12.1 Å². The van der Waals surface area contributed by atoms with Gasteiger partial charge in [-0.1, -0.05) is 5.16 Å². The third-order valence-electron chi connectivity index (χ3n) is 5.93. The predicted octanol–water partition coefficient (Wildman–Crippen LogP) is 5.05. The van der Waals surface area contributed by atoms with E-state index in [9.17, 15) is 27.2 Å². The van der Waals surface area contributed by atoms with Crippen LogP contribution in [0.15, 0.2) is 34.9 Å². The second kappa shape index (κ2) is 10.2. The highest BCUT2D eigenvalue weighted by Gasteiger charge is 2.38. The largest absolute Gasteiger partial charge is 0.471 e. The van der Waals surface area contributed by atoms with Crippen LogP contribution in [-0.2, 0) is 11.3 Å². The average Bonchev–Trinajstić information content (AvgIpc) is 3.44. The molecule has 3 aromatic rings. The van der Waals surface area contributed by atoms with Crippen LogP contribution >= 0.6 is 11.3 Å². The Balaban J connectivity index is 1.19. The molecule has 1 N–H and O–H groups in total. The highest BCUT2D eigenvalue weighted by Crippen LogP contribution is 2.33. The lowest BCUT2D eigenvalue weighted by atomic mass is 9.91. The lowest BCUT2D eigenvalue weighted by Gasteiger charge is -2.31. The Labute approximate surface area is 196 Å². The van der Waals surface area contributed by atoms with E-state index in [0.717, 1.165) is 54.9 Å². The smallest absolute Gasteiger partial charge is 0.356 e. The first kappa shape index (κ1) is 24.3. The van der Waals surface area contributed by atoms with Crippen molar-refractivity contribution in [3.8, 4) is 0 Å². The molecule has 1 fully saturated rings. The van der Waals surface area contributed by atoms with E-state index in [1.807, 2.05) is 0 Å². The van der Waals surface area contributed by atoms with Crippen molar-refractivity contribution in [2.75, 3.05) is 19.6 Å². The quantitative estimate of drug-likeness (QED) is 0.348. The van der Waals surface area contributed by atoms with Crippen molar-refractivity contribution in [3.63, 3.8) is 0 Å². The van der Waals surface area contributed by atoms with Crippen molar-refractivity contribution in [1.82, 2.24) is 15.4 Å². The van der Waals surface area contributed by atoms with Crippen molar-refractivity contribution in [1.29, 1.82) is 0 Å². The topological polar surface area (TPSA) is 75.4 Å². The van der Waals surface area contributed by atoms with Crippen LogP contribution in [-0.4, -0.2) is 47.6 Å². The summed E-state index contributed by atoms with van der Waals surface area (Å²) in [6.07, 6.45) is -2.12. The molecule has 34 heavy (non-hydrogen) atoms. The van der Waals surface area contributed by atoms with Gasteiger partial charge in [0.1, 0.15) is 5.82 Å². The van der Waals surface area contributed by atoms with Gasteiger partial charge in [0, 0.05) is 28.7 Å². The number of Topliss-reactive ketones (excluding diaryl/α,β-unsaturated/α-hetero) is 1. The molecule has 0 aliphatic carbocycles. The highest BCUT2D eigenvalue weighted by molar-refractivity contribution is 7.14. The van der Waals surface area contributed by atoms with Crippen LogP contribution < -0.4 is 5.32 Å². The Morgan fingerprint density at radius 2 is 1.94 bits per heavy atom. The van der Waals surface area contributed by atoms with Crippen LogP contribution in [0.4, 0.5) is 17.6 Å². The molecule has 0 unspecified atom stereocenters. The first-order chi connectivity index (χ1) is 16.2. The summed E-state index contributed by atoms with van der Waals surface area (Å²) in [6.45, 7) is 2.22. The number of nitrogens with zero attached hydrogens (tertiary/aromatic N) is 2. The minimum Gasteiger partial charge on any atom is -0.356 e. The Kier molecular flexibility index (Phi) is 7.32. The number of likely N-dealkylation sites (tertiary alicyclic amines) is 1. The Bertz CT molecular complexity index is 1170. The molecule has 6 nitrogen and oxygen atoms in total. The van der Waals surface area contributed by atoms with Crippen molar-refractivity contribution in [2.24, 2.45) is 0 Å². The minimum absolute atomic E-state index is 0.0606. The number of carbonyl (C=O) groups is 2. The maximum atomic E-state index is 13.4. The minimum atomic E-state index is -4.92. The van der Waals surface area contributed by atoms with Crippen LogP contribution in [0.25, 0.3) is 11.0 Å². The molecule has 3 heterocycles. The van der Waals surface area contributed by atoms with E-state index in [0.29, 0.717) is 28.2 Å². The van der Waals surface area contributed by atoms with Gasteiger partial charge in [0.15, 0.2) is 11.4 Å². The van der Waals surface area contributed by atoms with E-state index in [2.05, 4.69) is 10.1 Å². The van der Waals surface area contributed by atoms with Gasteiger partial charge in [-0.2, -0.15) is 13.2 Å². The number of carbonyl (C=O) groups excluding carboxylic acids is 2. The van der Waals surface area contributed by atoms with Crippen LogP contribution in [0.2, 0.25) is 0 Å². The monoisotopic (exact) mass is 497 g/mol. The molecule has 1 saturated heterocycles. The normalized spacial score (nSPS) is 15.6. The van der Waals surface area contributed by atoms with Crippen LogP contribution in [0.3, 0.4) is 0 Å². The molecule has 1 aliphatic heterocycles. The summed E-state index contributed by atoms with van der Waals surface area (Å²) in [5, 5.41) is 6.81. The number of amides is 1. The summed E-state index contributed by atoms with van der Waals surface area (Å²) < 4.78 is 55.4. The number of thiophene rings is 1. The van der Waals surface area contributed by atoms with E-state index < -0.39 is 12.1 Å². The molecule has 2 aromatic heterocycles. The molecule has 11 heteroatoms. The molecule has 0 saturated carbocycles. The third-order valence-corrected chi connectivity index (χ3v) is 7.06. The molecule has 1 aromatic carbocycles. The number of nitrogens with one attached hydrogen (secondary N) is 1. The second-order valence-corrected chi connectivity index (χ2v) is 9.47. The molecule has 0 radical (unpaired) electrons. The van der Waals surface area contributed by atoms with Gasteiger partial charge < -0.3 is 14.7 Å². The zero-order valence-corrected chi connectivity index (χ0v) is 19.0. The van der Waals surface area contributed by atoms with Crippen LogP contribution in [0, 0.1) is 5.82 Å². The average molecular weight is 498 g/mol. The number of hydrogen-bond donors (Lipinski definition) is 1. The first-order valence-corrected chi connectivity index (χ1v) is 11.8. The summed E-state index contributed by atoms with van der Waals surface area (Å²) in [5.41, 5.74) is 1.32. The zero-order chi connectivity index (χ0) is 24.3. The number of piperidine rings is 1. The van der Waals surface area contributed by atoms with E-state index in [1.54, 1.807) is 23.5 Å². The number of benzene rings is 1. The zero-order valence-electron chi connectivity index (χ0n) is 18.2. The predicted molar refractivity (Wildman–Crippen MR) is 118 cm³/mol. The standard InChI is InChI=1S/C23H23F4N3O3S/c24-15-3-5-17-19(12-15)33-29-21(17)14-7-10-30(11-8-14)9-1-2-18(31)20-6-4-16(34-20)13-28-22(32)23(25,26)27/h3-6,12,14H,1-2,7-11,13H2,(H,28,32). The Morgan fingerprint density at radius 1 is 1.18 bits per heavy atom. The van der Waals surface area contributed by atoms with Gasteiger partial charge in [0.2, 0.25) is 0 Å². The van der Waals surface area contributed by atoms with Crippen molar-refractivity contribution in [3.05, 3.63) is 51.6 Å². The van der Waals surface area contributed by atoms with Crippen molar-refractivity contribution >= 4 is 34.0 Å². The number of alkyl halides is 3.